The molecule has 1 saturated carbocycles. The molecule has 3 heterocycles. The lowest BCUT2D eigenvalue weighted by Gasteiger charge is -2.28. The summed E-state index contributed by atoms with van der Waals surface area (Å²) in [5.41, 5.74) is 2.58. The molecule has 2 aliphatic heterocycles. The van der Waals surface area contributed by atoms with E-state index < -0.39 is 0 Å². The van der Waals surface area contributed by atoms with E-state index in [1.54, 1.807) is 0 Å². The van der Waals surface area contributed by atoms with Crippen LogP contribution in [0.1, 0.15) is 55.8 Å². The molecule has 5 nitrogen and oxygen atoms in total. The van der Waals surface area contributed by atoms with Gasteiger partial charge in [0.15, 0.2) is 11.3 Å². The molecule has 152 valence electrons. The Balaban J connectivity index is 1.43. The topological polar surface area (TPSA) is 44.3 Å². The van der Waals surface area contributed by atoms with Crippen LogP contribution in [0, 0.1) is 0 Å². The number of anilines is 2. The van der Waals surface area contributed by atoms with Gasteiger partial charge in [-0.05, 0) is 50.3 Å². The number of nitrogens with zero attached hydrogens (tertiary/aromatic N) is 4. The van der Waals surface area contributed by atoms with Crippen molar-refractivity contribution in [3.63, 3.8) is 0 Å². The van der Waals surface area contributed by atoms with E-state index in [0.29, 0.717) is 12.0 Å². The number of aromatic nitrogens is 2. The van der Waals surface area contributed by atoms with Crippen LogP contribution in [-0.4, -0.2) is 34.0 Å². The number of halogens is 1. The van der Waals surface area contributed by atoms with Crippen LogP contribution in [0.4, 0.5) is 11.6 Å². The van der Waals surface area contributed by atoms with E-state index in [4.69, 9.17) is 21.6 Å². The van der Waals surface area contributed by atoms with E-state index in [0.717, 1.165) is 41.7 Å². The SMILES string of the molecule is CC1=CN(C)[C@H](Nc2nc(N3CCCC3c3ccc(Cl)cc3)cnc2C2CC2)S1. The zero-order chi connectivity index (χ0) is 20.0. The molecule has 1 aromatic carbocycles. The zero-order valence-corrected chi connectivity index (χ0v) is 18.4. The van der Waals surface area contributed by atoms with E-state index in [2.05, 4.69) is 47.4 Å². The van der Waals surface area contributed by atoms with Gasteiger partial charge in [-0.3, -0.25) is 4.98 Å². The monoisotopic (exact) mass is 427 g/mol. The van der Waals surface area contributed by atoms with Crippen LogP contribution in [0.3, 0.4) is 0 Å². The van der Waals surface area contributed by atoms with Crippen LogP contribution in [0.2, 0.25) is 5.02 Å². The first kappa shape index (κ1) is 19.1. The minimum atomic E-state index is 0.169. The van der Waals surface area contributed by atoms with Crippen molar-refractivity contribution in [1.29, 1.82) is 0 Å². The van der Waals surface area contributed by atoms with Crippen molar-refractivity contribution in [2.45, 2.75) is 50.1 Å². The molecule has 1 aromatic heterocycles. The van der Waals surface area contributed by atoms with Gasteiger partial charge in [0.1, 0.15) is 5.82 Å². The van der Waals surface area contributed by atoms with Gasteiger partial charge in [-0.2, -0.15) is 0 Å². The third-order valence-electron chi connectivity index (χ3n) is 5.87. The van der Waals surface area contributed by atoms with Crippen LogP contribution in [0.15, 0.2) is 41.6 Å². The summed E-state index contributed by atoms with van der Waals surface area (Å²) in [6.07, 6.45) is 8.86. The zero-order valence-electron chi connectivity index (χ0n) is 16.8. The molecular weight excluding hydrogens is 402 g/mol. The largest absolute Gasteiger partial charge is 0.351 e. The summed E-state index contributed by atoms with van der Waals surface area (Å²) in [4.78, 5) is 15.9. The van der Waals surface area contributed by atoms with E-state index in [-0.39, 0.29) is 5.50 Å². The molecule has 2 fully saturated rings. The van der Waals surface area contributed by atoms with E-state index in [9.17, 15) is 0 Å². The predicted molar refractivity (Wildman–Crippen MR) is 121 cm³/mol. The Labute approximate surface area is 181 Å². The Kier molecular flexibility index (Phi) is 5.08. The van der Waals surface area contributed by atoms with Gasteiger partial charge in [0.2, 0.25) is 0 Å². The minimum absolute atomic E-state index is 0.169. The molecule has 0 spiro atoms. The first-order chi connectivity index (χ1) is 14.1. The third kappa shape index (κ3) is 3.92. The van der Waals surface area contributed by atoms with E-state index in [1.165, 1.54) is 23.3 Å². The molecule has 7 heteroatoms. The molecule has 1 saturated heterocycles. The summed E-state index contributed by atoms with van der Waals surface area (Å²) in [5, 5.41) is 4.43. The van der Waals surface area contributed by atoms with Crippen molar-refractivity contribution >= 4 is 35.0 Å². The van der Waals surface area contributed by atoms with Crippen molar-refractivity contribution in [2.24, 2.45) is 0 Å². The maximum absolute atomic E-state index is 6.09. The van der Waals surface area contributed by atoms with Crippen LogP contribution in [0.25, 0.3) is 0 Å². The fourth-order valence-electron chi connectivity index (χ4n) is 4.25. The summed E-state index contributed by atoms with van der Waals surface area (Å²) < 4.78 is 0. The number of hydrogen-bond acceptors (Lipinski definition) is 6. The van der Waals surface area contributed by atoms with Crippen molar-refractivity contribution in [3.05, 3.63) is 57.8 Å². The van der Waals surface area contributed by atoms with Gasteiger partial charge in [-0.25, -0.2) is 4.98 Å². The highest BCUT2D eigenvalue weighted by atomic mass is 35.5. The summed E-state index contributed by atoms with van der Waals surface area (Å²) in [6, 6.07) is 8.55. The summed E-state index contributed by atoms with van der Waals surface area (Å²) >= 11 is 7.92. The second-order valence-electron chi connectivity index (χ2n) is 8.16. The molecular formula is C22H26ClN5S. The molecule has 1 unspecified atom stereocenters. The van der Waals surface area contributed by atoms with Crippen molar-refractivity contribution < 1.29 is 0 Å². The van der Waals surface area contributed by atoms with E-state index >= 15 is 0 Å². The van der Waals surface area contributed by atoms with Gasteiger partial charge in [-0.15, -0.1) is 0 Å². The maximum Gasteiger partial charge on any atom is 0.153 e. The van der Waals surface area contributed by atoms with E-state index in [1.807, 2.05) is 30.1 Å². The van der Waals surface area contributed by atoms with Crippen molar-refractivity contribution in [3.8, 4) is 0 Å². The first-order valence-electron chi connectivity index (χ1n) is 10.3. The molecule has 2 aromatic rings. The van der Waals surface area contributed by atoms with Gasteiger partial charge >= 0.3 is 0 Å². The van der Waals surface area contributed by atoms with Gasteiger partial charge in [-0.1, -0.05) is 35.5 Å². The highest BCUT2D eigenvalue weighted by Gasteiger charge is 2.33. The molecule has 5 rings (SSSR count). The van der Waals surface area contributed by atoms with Crippen LogP contribution in [-0.2, 0) is 0 Å². The van der Waals surface area contributed by atoms with Crippen molar-refractivity contribution in [1.82, 2.24) is 14.9 Å². The van der Waals surface area contributed by atoms with Crippen LogP contribution >= 0.6 is 23.4 Å². The fourth-order valence-corrected chi connectivity index (χ4v) is 5.36. The molecule has 0 amide bonds. The summed E-state index contributed by atoms with van der Waals surface area (Å²) in [5.74, 6) is 2.46. The third-order valence-corrected chi connectivity index (χ3v) is 7.27. The molecule has 0 radical (unpaired) electrons. The molecule has 29 heavy (non-hydrogen) atoms. The highest BCUT2D eigenvalue weighted by molar-refractivity contribution is 8.03. The normalized spacial score (nSPS) is 24.2. The molecule has 1 aliphatic carbocycles. The number of thioether (sulfide) groups is 1. The lowest BCUT2D eigenvalue weighted by Crippen LogP contribution is -2.30. The van der Waals surface area contributed by atoms with Crippen LogP contribution < -0.4 is 10.2 Å². The smallest absolute Gasteiger partial charge is 0.153 e. The maximum atomic E-state index is 6.09. The quantitative estimate of drug-likeness (QED) is 0.671. The predicted octanol–water partition coefficient (Wildman–Crippen LogP) is 5.58. The molecule has 1 N–H and O–H groups in total. The standard InChI is InChI=1S/C22H26ClN5S/c1-14-13-27(2)22(29-14)26-21-20(16-5-6-16)24-12-19(25-21)28-11-3-4-18(28)15-7-9-17(23)10-8-15/h7-10,12-13,16,18,22H,3-6,11H2,1-2H3,(H,25,26)/t18?,22-/m0/s1. The molecule has 3 aliphatic rings. The summed E-state index contributed by atoms with van der Waals surface area (Å²) in [7, 11) is 2.10. The van der Waals surface area contributed by atoms with Gasteiger partial charge in [0.25, 0.3) is 0 Å². The number of rotatable bonds is 5. The molecule has 0 bridgehead atoms. The first-order valence-corrected chi connectivity index (χ1v) is 11.6. The Bertz CT molecular complexity index is 927. The van der Waals surface area contributed by atoms with Gasteiger partial charge in [0, 0.05) is 35.6 Å². The van der Waals surface area contributed by atoms with Gasteiger partial charge in [0.05, 0.1) is 17.9 Å². The Morgan fingerprint density at radius 1 is 1.17 bits per heavy atom. The second kappa shape index (κ2) is 7.73. The summed E-state index contributed by atoms with van der Waals surface area (Å²) in [6.45, 7) is 3.15. The molecule has 2 atom stereocenters. The van der Waals surface area contributed by atoms with Gasteiger partial charge < -0.3 is 15.1 Å². The number of hydrogen-bond donors (Lipinski definition) is 1. The number of nitrogens with one attached hydrogen (secondary N) is 1. The average molecular weight is 428 g/mol. The fraction of sp³-hybridized carbons (Fsp3) is 0.455. The Morgan fingerprint density at radius 2 is 1.97 bits per heavy atom. The number of allylic oxidation sites excluding steroid dienone is 1. The second-order valence-corrected chi connectivity index (χ2v) is 9.92. The minimum Gasteiger partial charge on any atom is -0.351 e. The van der Waals surface area contributed by atoms with Crippen LogP contribution in [0.5, 0.6) is 0 Å². The average Bonchev–Trinajstić information content (AvgIpc) is 3.34. The highest BCUT2D eigenvalue weighted by Crippen LogP contribution is 2.44. The lowest BCUT2D eigenvalue weighted by molar-refractivity contribution is 0.465. The Morgan fingerprint density at radius 3 is 2.66 bits per heavy atom. The van der Waals surface area contributed by atoms with Crippen molar-refractivity contribution in [2.75, 3.05) is 23.8 Å². The Hall–Kier alpha value is -1.92. The lowest BCUT2D eigenvalue weighted by atomic mass is 10.0. The number of benzene rings is 1.